The summed E-state index contributed by atoms with van der Waals surface area (Å²) in [5, 5.41) is 0. The van der Waals surface area contributed by atoms with E-state index in [-0.39, 0.29) is 18.8 Å². The van der Waals surface area contributed by atoms with Crippen molar-refractivity contribution in [2.75, 3.05) is 12.4 Å². The zero-order valence-electron chi connectivity index (χ0n) is 14.9. The van der Waals surface area contributed by atoms with Gasteiger partial charge in [0, 0.05) is 5.75 Å². The summed E-state index contributed by atoms with van der Waals surface area (Å²) in [6.07, 6.45) is -0.485. The van der Waals surface area contributed by atoms with E-state index in [1.54, 1.807) is 52.0 Å². The Labute approximate surface area is 153 Å². The summed E-state index contributed by atoms with van der Waals surface area (Å²) >= 11 is 1.44. The van der Waals surface area contributed by atoms with Gasteiger partial charge in [0.25, 0.3) is 0 Å². The van der Waals surface area contributed by atoms with Gasteiger partial charge in [0.05, 0.1) is 17.8 Å². The molecule has 0 amide bonds. The smallest absolute Gasteiger partial charge is 0.360 e. The zero-order valence-corrected chi connectivity index (χ0v) is 16.6. The first-order valence-electron chi connectivity index (χ1n) is 8.26. The van der Waals surface area contributed by atoms with Crippen LogP contribution >= 0.6 is 19.4 Å². The minimum Gasteiger partial charge on any atom is -0.458 e. The van der Waals surface area contributed by atoms with E-state index in [0.717, 1.165) is 0 Å². The van der Waals surface area contributed by atoms with E-state index in [0.29, 0.717) is 11.3 Å². The SMILES string of the molecule is CC(C)OP(=O)(OC(C)C)C1CSC(COC(=O)c2ccccc2)O1. The van der Waals surface area contributed by atoms with Gasteiger partial charge in [-0.2, -0.15) is 0 Å². The molecule has 2 rings (SSSR count). The Morgan fingerprint density at radius 1 is 1.20 bits per heavy atom. The first-order chi connectivity index (χ1) is 11.8. The third kappa shape index (κ3) is 6.12. The number of carbonyl (C=O) groups is 1. The number of esters is 1. The average molecular weight is 388 g/mol. The number of ether oxygens (including phenoxy) is 2. The molecule has 1 aliphatic heterocycles. The van der Waals surface area contributed by atoms with Gasteiger partial charge in [-0.1, -0.05) is 18.2 Å². The van der Waals surface area contributed by atoms with Gasteiger partial charge in [0.15, 0.2) is 5.85 Å². The van der Waals surface area contributed by atoms with Crippen LogP contribution in [0.2, 0.25) is 0 Å². The molecule has 0 aromatic heterocycles. The maximum atomic E-state index is 13.1. The summed E-state index contributed by atoms with van der Waals surface area (Å²) in [6.45, 7) is 7.29. The van der Waals surface area contributed by atoms with Gasteiger partial charge in [-0.25, -0.2) is 4.79 Å². The lowest BCUT2D eigenvalue weighted by molar-refractivity contribution is 0.0146. The third-order valence-electron chi connectivity index (χ3n) is 3.16. The van der Waals surface area contributed by atoms with Crippen molar-refractivity contribution in [3.8, 4) is 0 Å². The Morgan fingerprint density at radius 3 is 2.36 bits per heavy atom. The van der Waals surface area contributed by atoms with Gasteiger partial charge in [0.1, 0.15) is 12.0 Å². The largest absolute Gasteiger partial charge is 0.458 e. The lowest BCUT2D eigenvalue weighted by Gasteiger charge is -2.26. The highest BCUT2D eigenvalue weighted by Gasteiger charge is 2.44. The van der Waals surface area contributed by atoms with Crippen LogP contribution in [-0.4, -0.2) is 41.8 Å². The Morgan fingerprint density at radius 2 is 1.80 bits per heavy atom. The van der Waals surface area contributed by atoms with E-state index in [2.05, 4.69) is 0 Å². The Hall–Kier alpha value is -0.850. The molecule has 6 nitrogen and oxygen atoms in total. The average Bonchev–Trinajstić information content (AvgIpc) is 3.01. The van der Waals surface area contributed by atoms with Crippen LogP contribution in [0.5, 0.6) is 0 Å². The second-order valence-corrected chi connectivity index (χ2v) is 9.44. The number of thioether (sulfide) groups is 1. The summed E-state index contributed by atoms with van der Waals surface area (Å²) < 4.78 is 35.2. The van der Waals surface area contributed by atoms with Gasteiger partial charge < -0.3 is 18.5 Å². The molecule has 0 spiro atoms. The molecule has 140 valence electrons. The fourth-order valence-electron chi connectivity index (χ4n) is 2.25. The molecule has 1 aliphatic rings. The van der Waals surface area contributed by atoms with Crippen LogP contribution in [0.15, 0.2) is 30.3 Å². The second kappa shape index (κ2) is 9.19. The molecular weight excluding hydrogens is 363 g/mol. The van der Waals surface area contributed by atoms with Crippen LogP contribution in [0, 0.1) is 0 Å². The number of benzene rings is 1. The maximum absolute atomic E-state index is 13.1. The molecule has 2 unspecified atom stereocenters. The van der Waals surface area contributed by atoms with E-state index < -0.39 is 24.8 Å². The molecule has 1 aromatic rings. The summed E-state index contributed by atoms with van der Waals surface area (Å²) in [7, 11) is -3.41. The van der Waals surface area contributed by atoms with E-state index in [1.807, 2.05) is 6.07 Å². The van der Waals surface area contributed by atoms with Crippen molar-refractivity contribution in [2.24, 2.45) is 0 Å². The van der Waals surface area contributed by atoms with Crippen molar-refractivity contribution in [2.45, 2.75) is 51.2 Å². The van der Waals surface area contributed by atoms with Crippen LogP contribution in [0.25, 0.3) is 0 Å². The van der Waals surface area contributed by atoms with Gasteiger partial charge in [-0.3, -0.25) is 4.57 Å². The van der Waals surface area contributed by atoms with E-state index in [1.165, 1.54) is 11.8 Å². The van der Waals surface area contributed by atoms with Crippen LogP contribution in [0.1, 0.15) is 38.1 Å². The summed E-state index contributed by atoms with van der Waals surface area (Å²) in [4.78, 5) is 12.0. The molecule has 25 heavy (non-hydrogen) atoms. The van der Waals surface area contributed by atoms with E-state index in [4.69, 9.17) is 18.5 Å². The van der Waals surface area contributed by atoms with Gasteiger partial charge in [0.2, 0.25) is 0 Å². The van der Waals surface area contributed by atoms with Gasteiger partial charge >= 0.3 is 13.6 Å². The Kier molecular flexibility index (Phi) is 7.52. The molecule has 0 saturated carbocycles. The van der Waals surface area contributed by atoms with Crippen molar-refractivity contribution < 1.29 is 27.9 Å². The Balaban J connectivity index is 1.91. The lowest BCUT2D eigenvalue weighted by Crippen LogP contribution is -2.22. The topological polar surface area (TPSA) is 71.1 Å². The zero-order chi connectivity index (χ0) is 18.4. The monoisotopic (exact) mass is 388 g/mol. The molecule has 2 atom stereocenters. The first-order valence-corrected chi connectivity index (χ1v) is 10.9. The molecule has 0 N–H and O–H groups in total. The number of hydrogen-bond donors (Lipinski definition) is 0. The van der Waals surface area contributed by atoms with Crippen molar-refractivity contribution >= 4 is 25.3 Å². The standard InChI is InChI=1S/C17H25O6PS/c1-12(2)22-24(19,23-13(3)4)15-11-25-16(21-15)10-20-17(18)14-8-6-5-7-9-14/h5-9,12-13,15-16H,10-11H2,1-4H3. The van der Waals surface area contributed by atoms with Gasteiger partial charge in [-0.15, -0.1) is 11.8 Å². The van der Waals surface area contributed by atoms with Crippen molar-refractivity contribution in [3.05, 3.63) is 35.9 Å². The Bertz CT molecular complexity index is 592. The normalized spacial score (nSPS) is 21.0. The molecular formula is C17H25O6PS. The summed E-state index contributed by atoms with van der Waals surface area (Å²) in [6, 6.07) is 8.76. The van der Waals surface area contributed by atoms with Crippen LogP contribution in [0.3, 0.4) is 0 Å². The minimum absolute atomic E-state index is 0.0816. The molecule has 1 aromatic carbocycles. The number of hydrogen-bond acceptors (Lipinski definition) is 7. The quantitative estimate of drug-likeness (QED) is 0.486. The van der Waals surface area contributed by atoms with Crippen LogP contribution < -0.4 is 0 Å². The van der Waals surface area contributed by atoms with Crippen LogP contribution in [-0.2, 0) is 23.1 Å². The predicted octanol–water partition coefficient (Wildman–Crippen LogP) is 4.30. The summed E-state index contributed by atoms with van der Waals surface area (Å²) in [5.74, 6) is -0.611. The summed E-state index contributed by atoms with van der Waals surface area (Å²) in [5.41, 5.74) is 0.0940. The van der Waals surface area contributed by atoms with E-state index >= 15 is 0 Å². The predicted molar refractivity (Wildman–Crippen MR) is 97.9 cm³/mol. The second-order valence-electron chi connectivity index (χ2n) is 6.17. The molecule has 1 saturated heterocycles. The number of rotatable bonds is 8. The molecule has 1 heterocycles. The van der Waals surface area contributed by atoms with Crippen molar-refractivity contribution in [3.63, 3.8) is 0 Å². The van der Waals surface area contributed by atoms with E-state index in [9.17, 15) is 9.36 Å². The third-order valence-corrected chi connectivity index (χ3v) is 6.96. The fourth-order valence-corrected chi connectivity index (χ4v) is 5.94. The highest BCUT2D eigenvalue weighted by Crippen LogP contribution is 2.58. The highest BCUT2D eigenvalue weighted by atomic mass is 32.2. The molecule has 0 aliphatic carbocycles. The lowest BCUT2D eigenvalue weighted by atomic mass is 10.2. The maximum Gasteiger partial charge on any atom is 0.360 e. The highest BCUT2D eigenvalue weighted by molar-refractivity contribution is 8.00. The minimum atomic E-state index is -3.41. The molecule has 0 radical (unpaired) electrons. The first kappa shape index (κ1) is 20.5. The molecule has 0 bridgehead atoms. The molecule has 8 heteroatoms. The molecule has 1 fully saturated rings. The van der Waals surface area contributed by atoms with Crippen molar-refractivity contribution in [1.29, 1.82) is 0 Å². The van der Waals surface area contributed by atoms with Gasteiger partial charge in [-0.05, 0) is 39.8 Å². The van der Waals surface area contributed by atoms with Crippen LogP contribution in [0.4, 0.5) is 0 Å². The number of carbonyl (C=O) groups excluding carboxylic acids is 1. The van der Waals surface area contributed by atoms with Crippen molar-refractivity contribution in [1.82, 2.24) is 0 Å². The fraction of sp³-hybridized carbons (Fsp3) is 0.588.